The highest BCUT2D eigenvalue weighted by molar-refractivity contribution is 9.10. The van der Waals surface area contributed by atoms with Gasteiger partial charge >= 0.3 is 0 Å². The van der Waals surface area contributed by atoms with Crippen molar-refractivity contribution >= 4 is 31.9 Å². The molecule has 0 aromatic heterocycles. The van der Waals surface area contributed by atoms with E-state index in [1.54, 1.807) is 11.1 Å². The molecular formula is C39H44Br2. The van der Waals surface area contributed by atoms with E-state index >= 15 is 0 Å². The highest BCUT2D eigenvalue weighted by atomic mass is 79.9. The number of hydrogen-bond donors (Lipinski definition) is 0. The average Bonchev–Trinajstić information content (AvgIpc) is 3.22. The highest BCUT2D eigenvalue weighted by Gasteiger charge is 2.42. The van der Waals surface area contributed by atoms with Crippen molar-refractivity contribution in [2.75, 3.05) is 0 Å². The molecule has 0 fully saturated rings. The van der Waals surface area contributed by atoms with Crippen molar-refractivity contribution in [3.63, 3.8) is 0 Å². The summed E-state index contributed by atoms with van der Waals surface area (Å²) in [4.78, 5) is 0. The number of fused-ring (bicyclic) bond motifs is 3. The van der Waals surface area contributed by atoms with Gasteiger partial charge in [-0.05, 0) is 119 Å². The molecule has 0 spiro atoms. The summed E-state index contributed by atoms with van der Waals surface area (Å²) in [6.45, 7) is 9.11. The van der Waals surface area contributed by atoms with E-state index in [1.807, 2.05) is 0 Å². The van der Waals surface area contributed by atoms with Crippen LogP contribution >= 0.6 is 31.9 Å². The molecule has 5 rings (SSSR count). The molecular weight excluding hydrogens is 628 g/mol. The predicted octanol–water partition coefficient (Wildman–Crippen LogP) is 13.4. The average molecular weight is 673 g/mol. The number of rotatable bonds is 12. The molecule has 0 unspecified atom stereocenters. The van der Waals surface area contributed by atoms with Gasteiger partial charge in [0.25, 0.3) is 0 Å². The van der Waals surface area contributed by atoms with Gasteiger partial charge in [-0.1, -0.05) is 133 Å². The van der Waals surface area contributed by atoms with Crippen LogP contribution in [0.1, 0.15) is 100 Å². The van der Waals surface area contributed by atoms with Gasteiger partial charge in [0.15, 0.2) is 0 Å². The first kappa shape index (κ1) is 30.3. The summed E-state index contributed by atoms with van der Waals surface area (Å²) in [5, 5.41) is 0. The number of hydrogen-bond acceptors (Lipinski definition) is 0. The first-order chi connectivity index (χ1) is 19.9. The van der Waals surface area contributed by atoms with E-state index < -0.39 is 0 Å². The fraction of sp³-hybridized carbons (Fsp3) is 0.385. The summed E-state index contributed by atoms with van der Waals surface area (Å²) in [7, 11) is 0. The maximum Gasteiger partial charge on any atom is 0.0215 e. The molecule has 0 nitrogen and oxygen atoms in total. The van der Waals surface area contributed by atoms with Crippen molar-refractivity contribution < 1.29 is 0 Å². The summed E-state index contributed by atoms with van der Waals surface area (Å²) in [6, 6.07) is 28.1. The van der Waals surface area contributed by atoms with E-state index in [1.165, 1.54) is 109 Å². The minimum Gasteiger partial charge on any atom is -0.0654 e. The monoisotopic (exact) mass is 670 g/mol. The lowest BCUT2D eigenvalue weighted by Gasteiger charge is -2.33. The van der Waals surface area contributed by atoms with E-state index in [2.05, 4.69) is 132 Å². The van der Waals surface area contributed by atoms with Gasteiger partial charge in [-0.15, -0.1) is 0 Å². The Morgan fingerprint density at radius 3 is 1.29 bits per heavy atom. The Balaban J connectivity index is 1.68. The van der Waals surface area contributed by atoms with Crippen LogP contribution in [0.2, 0.25) is 0 Å². The molecule has 0 aliphatic heterocycles. The zero-order valence-electron chi connectivity index (χ0n) is 25.3. The predicted molar refractivity (Wildman–Crippen MR) is 186 cm³/mol. The molecule has 0 saturated heterocycles. The summed E-state index contributed by atoms with van der Waals surface area (Å²) in [6.07, 6.45) is 12.8. The Labute approximate surface area is 265 Å². The van der Waals surface area contributed by atoms with Crippen molar-refractivity contribution in [2.45, 2.75) is 97.3 Å². The van der Waals surface area contributed by atoms with Crippen LogP contribution in [0.4, 0.5) is 0 Å². The SMILES string of the molecule is CCCCCCC1(CCCCCC)c2cc(-c3ccc(Br)cc3C)ccc2-c2ccc(-c3ccc(Br)cc3C)cc21. The van der Waals surface area contributed by atoms with Gasteiger partial charge in [-0.2, -0.15) is 0 Å². The second-order valence-corrected chi connectivity index (χ2v) is 14.0. The number of halogens is 2. The molecule has 0 heterocycles. The lowest BCUT2D eigenvalue weighted by molar-refractivity contribution is 0.401. The Kier molecular flexibility index (Phi) is 9.93. The third kappa shape index (κ3) is 6.30. The van der Waals surface area contributed by atoms with Gasteiger partial charge in [-0.3, -0.25) is 0 Å². The molecule has 0 saturated carbocycles. The molecule has 0 bridgehead atoms. The van der Waals surface area contributed by atoms with Crippen LogP contribution in [0.15, 0.2) is 81.7 Å². The van der Waals surface area contributed by atoms with E-state index in [0.717, 1.165) is 8.95 Å². The first-order valence-corrected chi connectivity index (χ1v) is 17.3. The van der Waals surface area contributed by atoms with E-state index in [4.69, 9.17) is 0 Å². The second-order valence-electron chi connectivity index (χ2n) is 12.1. The fourth-order valence-electron chi connectivity index (χ4n) is 7.10. The quantitative estimate of drug-likeness (QED) is 0.131. The normalized spacial score (nSPS) is 13.3. The minimum atomic E-state index is 0.0602. The minimum absolute atomic E-state index is 0.0602. The molecule has 214 valence electrons. The Morgan fingerprint density at radius 1 is 0.488 bits per heavy atom. The van der Waals surface area contributed by atoms with Gasteiger partial charge in [0, 0.05) is 14.4 Å². The molecule has 2 heteroatoms. The molecule has 4 aromatic rings. The van der Waals surface area contributed by atoms with Gasteiger partial charge in [0.1, 0.15) is 0 Å². The highest BCUT2D eigenvalue weighted by Crippen LogP contribution is 2.56. The van der Waals surface area contributed by atoms with Crippen molar-refractivity contribution in [1.29, 1.82) is 0 Å². The van der Waals surface area contributed by atoms with E-state index in [-0.39, 0.29) is 5.41 Å². The summed E-state index contributed by atoms with van der Waals surface area (Å²) in [5.74, 6) is 0. The summed E-state index contributed by atoms with van der Waals surface area (Å²) >= 11 is 7.34. The number of aryl methyl sites for hydroxylation is 2. The molecule has 1 aliphatic rings. The number of unbranched alkanes of at least 4 members (excludes halogenated alkanes) is 6. The van der Waals surface area contributed by atoms with Crippen LogP contribution in [-0.4, -0.2) is 0 Å². The van der Waals surface area contributed by atoms with Crippen LogP contribution in [0.3, 0.4) is 0 Å². The lowest BCUT2D eigenvalue weighted by Crippen LogP contribution is -2.25. The van der Waals surface area contributed by atoms with Crippen LogP contribution in [0.5, 0.6) is 0 Å². The van der Waals surface area contributed by atoms with Crippen LogP contribution in [0, 0.1) is 13.8 Å². The molecule has 0 radical (unpaired) electrons. The van der Waals surface area contributed by atoms with E-state index in [9.17, 15) is 0 Å². The molecule has 1 aliphatic carbocycles. The Morgan fingerprint density at radius 2 is 0.902 bits per heavy atom. The van der Waals surface area contributed by atoms with Crippen LogP contribution < -0.4 is 0 Å². The maximum absolute atomic E-state index is 3.67. The van der Waals surface area contributed by atoms with Crippen molar-refractivity contribution in [1.82, 2.24) is 0 Å². The third-order valence-corrected chi connectivity index (χ3v) is 10.3. The van der Waals surface area contributed by atoms with Crippen molar-refractivity contribution in [3.8, 4) is 33.4 Å². The topological polar surface area (TPSA) is 0 Å². The maximum atomic E-state index is 3.67. The van der Waals surface area contributed by atoms with Gasteiger partial charge < -0.3 is 0 Å². The first-order valence-electron chi connectivity index (χ1n) is 15.7. The zero-order valence-corrected chi connectivity index (χ0v) is 28.4. The van der Waals surface area contributed by atoms with Crippen molar-refractivity contribution in [3.05, 3.63) is 104 Å². The van der Waals surface area contributed by atoms with Gasteiger partial charge in [0.2, 0.25) is 0 Å². The largest absolute Gasteiger partial charge is 0.0654 e. The van der Waals surface area contributed by atoms with Gasteiger partial charge in [0.05, 0.1) is 0 Å². The van der Waals surface area contributed by atoms with Crippen LogP contribution in [0.25, 0.3) is 33.4 Å². The van der Waals surface area contributed by atoms with E-state index in [0.29, 0.717) is 0 Å². The Hall–Kier alpha value is -2.16. The standard InChI is InChI=1S/C39H44Br2/c1-5-7-9-11-21-39(22-12-10-8-6-2)37-25-29(33-19-15-31(40)23-27(33)3)13-17-35(37)36-18-14-30(26-38(36)39)34-20-16-32(41)24-28(34)4/h13-20,23-26H,5-12,21-22H2,1-4H3. The lowest BCUT2D eigenvalue weighted by atomic mass is 9.70. The second kappa shape index (κ2) is 13.4. The Bertz CT molecular complexity index is 1400. The fourth-order valence-corrected chi connectivity index (χ4v) is 8.05. The summed E-state index contributed by atoms with van der Waals surface area (Å²) < 4.78 is 2.29. The molecule has 4 aromatic carbocycles. The molecule has 0 atom stereocenters. The molecule has 0 N–H and O–H groups in total. The van der Waals surface area contributed by atoms with Crippen LogP contribution in [-0.2, 0) is 5.41 Å². The molecule has 41 heavy (non-hydrogen) atoms. The molecule has 0 amide bonds. The zero-order chi connectivity index (χ0) is 29.0. The van der Waals surface area contributed by atoms with Crippen molar-refractivity contribution in [2.24, 2.45) is 0 Å². The third-order valence-electron chi connectivity index (χ3n) is 9.27. The summed E-state index contributed by atoms with van der Waals surface area (Å²) in [5.41, 5.74) is 14.1. The smallest absolute Gasteiger partial charge is 0.0215 e. The van der Waals surface area contributed by atoms with Gasteiger partial charge in [-0.25, -0.2) is 0 Å². The number of benzene rings is 4.